The van der Waals surface area contributed by atoms with Gasteiger partial charge < -0.3 is 24.8 Å². The Hall–Kier alpha value is -4.65. The van der Waals surface area contributed by atoms with Gasteiger partial charge in [0.15, 0.2) is 22.4 Å². The minimum absolute atomic E-state index is 0.0133. The number of hydrogen-bond donors (Lipinski definition) is 4. The average Bonchev–Trinajstić information content (AvgIpc) is 2.93. The lowest BCUT2D eigenvalue weighted by molar-refractivity contribution is -0.274. The van der Waals surface area contributed by atoms with E-state index in [1.54, 1.807) is 44.7 Å². The standard InChI is InChI=1S/C27H27F3N6O3S/c1-17(20-8-13-23(37-2)24(14-20)38-3)35-26(40)36-34-15-18-4-6-19(7-5-18)25(31)33-16-32-21-9-11-22(12-10-21)39-27(28,29)30/h4-17H,1-3H3,(H2,31,32,33)(H2,35,36,40)/b34-15+. The lowest BCUT2D eigenvalue weighted by Crippen LogP contribution is -2.34. The van der Waals surface area contributed by atoms with Crippen LogP contribution in [0.1, 0.15) is 29.7 Å². The highest BCUT2D eigenvalue weighted by Crippen LogP contribution is 2.30. The number of nitrogens with one attached hydrogen (secondary N) is 4. The normalized spacial score (nSPS) is 12.2. The summed E-state index contributed by atoms with van der Waals surface area (Å²) < 4.78 is 51.1. The molecule has 0 radical (unpaired) electrons. The number of methoxy groups -OCH3 is 2. The molecular formula is C27H27F3N6O3S. The molecule has 0 aromatic heterocycles. The van der Waals surface area contributed by atoms with Crippen LogP contribution in [-0.2, 0) is 0 Å². The van der Waals surface area contributed by atoms with Crippen molar-refractivity contribution in [2.24, 2.45) is 10.1 Å². The average molecular weight is 573 g/mol. The summed E-state index contributed by atoms with van der Waals surface area (Å²) in [7, 11) is 3.15. The predicted octanol–water partition coefficient (Wildman–Crippen LogP) is 5.63. The van der Waals surface area contributed by atoms with Crippen LogP contribution < -0.4 is 30.3 Å². The van der Waals surface area contributed by atoms with Crippen LogP contribution in [0.4, 0.5) is 18.9 Å². The van der Waals surface area contributed by atoms with Crippen molar-refractivity contribution in [1.29, 1.82) is 5.41 Å². The van der Waals surface area contributed by atoms with Crippen LogP contribution in [0.15, 0.2) is 76.8 Å². The molecule has 3 aromatic rings. The van der Waals surface area contributed by atoms with Gasteiger partial charge >= 0.3 is 6.36 Å². The molecule has 0 heterocycles. The van der Waals surface area contributed by atoms with Crippen LogP contribution in [0.3, 0.4) is 0 Å². The highest BCUT2D eigenvalue weighted by Gasteiger charge is 2.30. The molecule has 1 unspecified atom stereocenters. The summed E-state index contributed by atoms with van der Waals surface area (Å²) in [5, 5.41) is 18.5. The monoisotopic (exact) mass is 572 g/mol. The first-order valence-electron chi connectivity index (χ1n) is 11.7. The van der Waals surface area contributed by atoms with E-state index in [9.17, 15) is 13.2 Å². The maximum Gasteiger partial charge on any atom is 0.573 e. The lowest BCUT2D eigenvalue weighted by atomic mass is 10.1. The van der Waals surface area contributed by atoms with Gasteiger partial charge in [0, 0.05) is 11.3 Å². The molecule has 0 bridgehead atoms. The van der Waals surface area contributed by atoms with Crippen molar-refractivity contribution in [2.45, 2.75) is 19.3 Å². The molecule has 0 saturated carbocycles. The van der Waals surface area contributed by atoms with E-state index in [2.05, 4.69) is 30.9 Å². The van der Waals surface area contributed by atoms with E-state index in [0.717, 1.165) is 11.1 Å². The van der Waals surface area contributed by atoms with Crippen molar-refractivity contribution in [3.8, 4) is 17.2 Å². The van der Waals surface area contributed by atoms with E-state index < -0.39 is 6.36 Å². The number of thiocarbonyl (C=S) groups is 1. The second-order valence-electron chi connectivity index (χ2n) is 8.12. The van der Waals surface area contributed by atoms with Gasteiger partial charge in [0.25, 0.3) is 0 Å². The molecule has 3 rings (SSSR count). The molecule has 4 N–H and O–H groups in total. The summed E-state index contributed by atoms with van der Waals surface area (Å²) in [6.45, 7) is 1.95. The highest BCUT2D eigenvalue weighted by molar-refractivity contribution is 7.80. The Morgan fingerprint density at radius 2 is 1.65 bits per heavy atom. The fourth-order valence-corrected chi connectivity index (χ4v) is 3.56. The fourth-order valence-electron chi connectivity index (χ4n) is 3.33. The first-order valence-corrected chi connectivity index (χ1v) is 12.1. The number of halogens is 3. The van der Waals surface area contributed by atoms with Crippen molar-refractivity contribution in [3.05, 3.63) is 83.4 Å². The van der Waals surface area contributed by atoms with Gasteiger partial charge in [-0.15, -0.1) is 13.2 Å². The van der Waals surface area contributed by atoms with Gasteiger partial charge in [-0.2, -0.15) is 5.10 Å². The van der Waals surface area contributed by atoms with Crippen molar-refractivity contribution < 1.29 is 27.4 Å². The van der Waals surface area contributed by atoms with Crippen molar-refractivity contribution in [2.75, 3.05) is 19.5 Å². The van der Waals surface area contributed by atoms with E-state index in [1.807, 2.05) is 25.1 Å². The summed E-state index contributed by atoms with van der Waals surface area (Å²) in [4.78, 5) is 4.01. The molecule has 0 saturated heterocycles. The van der Waals surface area contributed by atoms with E-state index in [4.69, 9.17) is 27.1 Å². The largest absolute Gasteiger partial charge is 0.573 e. The van der Waals surface area contributed by atoms with Gasteiger partial charge in [0.1, 0.15) is 5.75 Å². The van der Waals surface area contributed by atoms with Gasteiger partial charge in [0.05, 0.1) is 32.8 Å². The summed E-state index contributed by atoms with van der Waals surface area (Å²) in [5.74, 6) is 0.919. The predicted molar refractivity (Wildman–Crippen MR) is 153 cm³/mol. The van der Waals surface area contributed by atoms with Gasteiger partial charge in [-0.1, -0.05) is 30.3 Å². The molecule has 0 aliphatic heterocycles. The molecule has 0 aliphatic rings. The van der Waals surface area contributed by atoms with Crippen LogP contribution in [0.25, 0.3) is 0 Å². The van der Waals surface area contributed by atoms with E-state index in [1.165, 1.54) is 30.6 Å². The second-order valence-corrected chi connectivity index (χ2v) is 8.53. The Morgan fingerprint density at radius 3 is 2.27 bits per heavy atom. The van der Waals surface area contributed by atoms with Crippen LogP contribution in [0.2, 0.25) is 0 Å². The first kappa shape index (κ1) is 29.9. The molecular weight excluding hydrogens is 545 g/mol. The van der Waals surface area contributed by atoms with Crippen molar-refractivity contribution >= 4 is 41.4 Å². The number of hydrazone groups is 1. The zero-order valence-corrected chi connectivity index (χ0v) is 22.6. The zero-order valence-electron chi connectivity index (χ0n) is 21.7. The van der Waals surface area contributed by atoms with E-state index in [-0.39, 0.29) is 17.6 Å². The fraction of sp³-hybridized carbons (Fsp3) is 0.185. The molecule has 9 nitrogen and oxygen atoms in total. The van der Waals surface area contributed by atoms with E-state index in [0.29, 0.717) is 27.9 Å². The topological polar surface area (TPSA) is 112 Å². The van der Waals surface area contributed by atoms with Gasteiger partial charge in [-0.25, -0.2) is 4.99 Å². The molecule has 0 fully saturated rings. The van der Waals surface area contributed by atoms with Gasteiger partial charge in [-0.05, 0) is 66.7 Å². The molecule has 1 atom stereocenters. The Bertz CT molecular complexity index is 1360. The zero-order chi connectivity index (χ0) is 29.1. The Labute approximate surface area is 234 Å². The molecule has 210 valence electrons. The molecule has 0 aliphatic carbocycles. The number of rotatable bonds is 10. The maximum atomic E-state index is 12.2. The number of benzene rings is 3. The molecule has 13 heteroatoms. The lowest BCUT2D eigenvalue weighted by Gasteiger charge is -2.17. The SMILES string of the molecule is COc1ccc(C(C)NC(=S)N/N=C/c2ccc(C(=N)/N=C\Nc3ccc(OC(F)(F)F)cc3)cc2)cc1OC. The summed E-state index contributed by atoms with van der Waals surface area (Å²) >= 11 is 5.32. The third kappa shape index (κ3) is 9.27. The van der Waals surface area contributed by atoms with Crippen LogP contribution in [-0.4, -0.2) is 44.1 Å². The van der Waals surface area contributed by atoms with Crippen LogP contribution >= 0.6 is 12.2 Å². The minimum atomic E-state index is -4.75. The Morgan fingerprint density at radius 1 is 0.975 bits per heavy atom. The number of nitrogens with zero attached hydrogens (tertiary/aromatic N) is 2. The van der Waals surface area contributed by atoms with Gasteiger partial charge in [0.2, 0.25) is 0 Å². The summed E-state index contributed by atoms with van der Waals surface area (Å²) in [5.41, 5.74) is 5.53. The van der Waals surface area contributed by atoms with E-state index >= 15 is 0 Å². The smallest absolute Gasteiger partial charge is 0.493 e. The quantitative estimate of drug-likeness (QED) is 0.108. The highest BCUT2D eigenvalue weighted by atomic mass is 32.1. The Balaban J connectivity index is 1.46. The molecule has 3 aromatic carbocycles. The van der Waals surface area contributed by atoms with Crippen LogP contribution in [0.5, 0.6) is 17.2 Å². The molecule has 0 spiro atoms. The molecule has 40 heavy (non-hydrogen) atoms. The third-order valence-electron chi connectivity index (χ3n) is 5.33. The molecule has 0 amide bonds. The van der Waals surface area contributed by atoms with Gasteiger partial charge in [-0.3, -0.25) is 10.8 Å². The van der Waals surface area contributed by atoms with Crippen molar-refractivity contribution in [3.63, 3.8) is 0 Å². The van der Waals surface area contributed by atoms with Crippen LogP contribution in [0, 0.1) is 5.41 Å². The number of anilines is 1. The Kier molecular flexibility index (Phi) is 10.4. The number of hydrogen-bond acceptors (Lipinski definition) is 6. The minimum Gasteiger partial charge on any atom is -0.493 e. The second kappa shape index (κ2) is 13.9. The van der Waals surface area contributed by atoms with Crippen molar-refractivity contribution in [1.82, 2.24) is 10.7 Å². The number of aliphatic imine (C=N–C) groups is 1. The number of amidine groups is 1. The maximum absolute atomic E-state index is 12.2. The first-order chi connectivity index (χ1) is 19.1. The number of ether oxygens (including phenoxy) is 3. The summed E-state index contributed by atoms with van der Waals surface area (Å²) in [6.07, 6.45) is -1.89. The number of alkyl halides is 3. The third-order valence-corrected chi connectivity index (χ3v) is 5.54. The summed E-state index contributed by atoms with van der Waals surface area (Å²) in [6, 6.07) is 17.6.